The van der Waals surface area contributed by atoms with Crippen LogP contribution in [0, 0.1) is 0 Å². The van der Waals surface area contributed by atoms with Gasteiger partial charge in [-0.25, -0.2) is 0 Å². The van der Waals surface area contributed by atoms with Crippen LogP contribution in [0.15, 0.2) is 42.5 Å². The summed E-state index contributed by atoms with van der Waals surface area (Å²) in [4.78, 5) is 23.5. The molecular weight excluding hydrogens is 352 g/mol. The molecule has 0 aromatic heterocycles. The van der Waals surface area contributed by atoms with Gasteiger partial charge in [0, 0.05) is 34.4 Å². The lowest BCUT2D eigenvalue weighted by Crippen LogP contribution is -2.33. The largest absolute Gasteiger partial charge is 0.489 e. The Morgan fingerprint density at radius 3 is 2.42 bits per heavy atom. The summed E-state index contributed by atoms with van der Waals surface area (Å²) in [6.07, 6.45) is 1.56. The molecule has 136 valence electrons. The van der Waals surface area contributed by atoms with Crippen LogP contribution in [0.4, 0.5) is 5.69 Å². The average molecular weight is 373 g/mol. The number of hydrogen-bond donors (Lipinski definition) is 3. The number of nitrogens with one attached hydrogen (secondary N) is 1. The predicted molar refractivity (Wildman–Crippen MR) is 104 cm³/mol. The van der Waals surface area contributed by atoms with Crippen LogP contribution < -0.4 is 16.1 Å². The van der Waals surface area contributed by atoms with Gasteiger partial charge in [-0.3, -0.25) is 9.59 Å². The first-order valence-electron chi connectivity index (χ1n) is 8.30. The summed E-state index contributed by atoms with van der Waals surface area (Å²) in [6, 6.07) is 11.0. The van der Waals surface area contributed by atoms with Crippen molar-refractivity contribution < 1.29 is 24.2 Å². The number of benzene rings is 2. The Morgan fingerprint density at radius 1 is 1.15 bits per heavy atom. The molecule has 0 atom stereocenters. The second-order valence-corrected chi connectivity index (χ2v) is 9.42. The van der Waals surface area contributed by atoms with Gasteiger partial charge in [0.15, 0.2) is 0 Å². The van der Waals surface area contributed by atoms with Crippen molar-refractivity contribution in [3.63, 3.8) is 0 Å². The molecule has 6 nitrogen and oxygen atoms in total. The maximum Gasteiger partial charge on any atom is 0.489 e. The zero-order valence-electron chi connectivity index (χ0n) is 14.7. The molecule has 0 fully saturated rings. The van der Waals surface area contributed by atoms with Crippen LogP contribution in [0.2, 0.25) is 0 Å². The van der Waals surface area contributed by atoms with Crippen molar-refractivity contribution in [1.82, 2.24) is 0 Å². The van der Waals surface area contributed by atoms with E-state index < -0.39 is 20.2 Å². The molecule has 0 bridgehead atoms. The molecule has 26 heavy (non-hydrogen) atoms. The van der Waals surface area contributed by atoms with Crippen molar-refractivity contribution in [2.24, 2.45) is 0 Å². The summed E-state index contributed by atoms with van der Waals surface area (Å²) in [5.41, 5.74) is 0.776. The molecule has 0 aliphatic rings. The molecule has 1 amide bonds. The van der Waals surface area contributed by atoms with E-state index in [9.17, 15) is 24.2 Å². The highest BCUT2D eigenvalue weighted by Crippen LogP contribution is 2.43. The molecule has 2 aromatic carbocycles. The van der Waals surface area contributed by atoms with Crippen LogP contribution >= 0.6 is 7.14 Å². The third kappa shape index (κ3) is 4.30. The second-order valence-electron chi connectivity index (χ2n) is 5.86. The lowest BCUT2D eigenvalue weighted by Gasteiger charge is -2.16. The van der Waals surface area contributed by atoms with Gasteiger partial charge < -0.3 is 19.9 Å². The summed E-state index contributed by atoms with van der Waals surface area (Å²) in [7, 11) is -4.25. The fourth-order valence-corrected chi connectivity index (χ4v) is 4.59. The molecule has 0 spiro atoms. The van der Waals surface area contributed by atoms with E-state index in [4.69, 9.17) is 0 Å². The van der Waals surface area contributed by atoms with Crippen molar-refractivity contribution in [2.75, 3.05) is 17.6 Å². The molecule has 0 unspecified atom stereocenters. The summed E-state index contributed by atoms with van der Waals surface area (Å²) in [5, 5.41) is 21.9. The third-order valence-corrected chi connectivity index (χ3v) is 7.61. The quantitative estimate of drug-likeness (QED) is 0.387. The lowest BCUT2D eigenvalue weighted by molar-refractivity contribution is 0.102. The lowest BCUT2D eigenvalue weighted by atomic mass is 9.77. The van der Waals surface area contributed by atoms with Crippen LogP contribution in [0.1, 0.15) is 34.6 Å². The van der Waals surface area contributed by atoms with Crippen molar-refractivity contribution in [3.05, 3.63) is 53.6 Å². The van der Waals surface area contributed by atoms with Gasteiger partial charge in [0.05, 0.1) is 0 Å². The van der Waals surface area contributed by atoms with E-state index in [1.54, 1.807) is 24.3 Å². The Morgan fingerprint density at radius 2 is 1.85 bits per heavy atom. The van der Waals surface area contributed by atoms with Crippen LogP contribution in [0.3, 0.4) is 0 Å². The average Bonchev–Trinajstić information content (AvgIpc) is 2.66. The Bertz CT molecular complexity index is 860. The molecular formula is C18H21BNO5P. The molecule has 0 saturated heterocycles. The first-order chi connectivity index (χ1) is 12.3. The van der Waals surface area contributed by atoms with Crippen LogP contribution in [-0.4, -0.2) is 41.7 Å². The van der Waals surface area contributed by atoms with Gasteiger partial charge in [0.1, 0.15) is 13.4 Å². The normalized spacial score (nSPS) is 11.1. The molecule has 8 heteroatoms. The topological polar surface area (TPSA) is 104 Å². The standard InChI is InChI=1S/C18H21BNO5P/c1-3-26(25,4-2)16-7-5-6-15(11-16)20-18(22)13-8-9-17(19(23)24)14(10-13)12-21/h5-12,23-24H,3-4H2,1-2H3,(H,20,22). The second kappa shape index (κ2) is 8.45. The third-order valence-electron chi connectivity index (χ3n) is 4.35. The summed E-state index contributed by atoms with van der Waals surface area (Å²) < 4.78 is 12.8. The van der Waals surface area contributed by atoms with Gasteiger partial charge in [0.2, 0.25) is 0 Å². The molecule has 0 saturated carbocycles. The van der Waals surface area contributed by atoms with Crippen LogP contribution in [0.5, 0.6) is 0 Å². The summed E-state index contributed by atoms with van der Waals surface area (Å²) >= 11 is 0. The van der Waals surface area contributed by atoms with E-state index in [0.29, 0.717) is 29.6 Å². The van der Waals surface area contributed by atoms with E-state index in [1.807, 2.05) is 13.8 Å². The SMILES string of the molecule is CCP(=O)(CC)c1cccc(NC(=O)c2ccc(B(O)O)c(C=O)c2)c1. The van der Waals surface area contributed by atoms with Gasteiger partial charge in [-0.05, 0) is 29.7 Å². The maximum atomic E-state index is 12.8. The first kappa shape index (κ1) is 20.1. The van der Waals surface area contributed by atoms with Crippen molar-refractivity contribution >= 4 is 42.9 Å². The van der Waals surface area contributed by atoms with Gasteiger partial charge >= 0.3 is 7.12 Å². The highest BCUT2D eigenvalue weighted by Gasteiger charge is 2.21. The molecule has 2 aromatic rings. The number of aldehydes is 1. The van der Waals surface area contributed by atoms with E-state index in [0.717, 1.165) is 0 Å². The van der Waals surface area contributed by atoms with Gasteiger partial charge in [-0.1, -0.05) is 32.0 Å². The highest BCUT2D eigenvalue weighted by atomic mass is 31.2. The fraction of sp³-hybridized carbons (Fsp3) is 0.222. The van der Waals surface area contributed by atoms with E-state index >= 15 is 0 Å². The van der Waals surface area contributed by atoms with Gasteiger partial charge in [-0.2, -0.15) is 0 Å². The van der Waals surface area contributed by atoms with Gasteiger partial charge in [-0.15, -0.1) is 0 Å². The first-order valence-corrected chi connectivity index (χ1v) is 10.4. The van der Waals surface area contributed by atoms with Crippen LogP contribution in [0.25, 0.3) is 0 Å². The smallest absolute Gasteiger partial charge is 0.423 e. The highest BCUT2D eigenvalue weighted by molar-refractivity contribution is 7.71. The minimum absolute atomic E-state index is 0.0304. The Hall–Kier alpha value is -2.21. The number of amides is 1. The van der Waals surface area contributed by atoms with Crippen LogP contribution in [-0.2, 0) is 4.57 Å². The zero-order valence-corrected chi connectivity index (χ0v) is 15.6. The molecule has 0 heterocycles. The van der Waals surface area contributed by atoms with Crippen molar-refractivity contribution in [2.45, 2.75) is 13.8 Å². The Balaban J connectivity index is 2.28. The molecule has 2 rings (SSSR count). The van der Waals surface area contributed by atoms with E-state index in [2.05, 4.69) is 5.32 Å². The van der Waals surface area contributed by atoms with E-state index in [1.165, 1.54) is 18.2 Å². The zero-order chi connectivity index (χ0) is 19.3. The van der Waals surface area contributed by atoms with Crippen molar-refractivity contribution in [3.8, 4) is 0 Å². The molecule has 0 aliphatic heterocycles. The summed E-state index contributed by atoms with van der Waals surface area (Å²) in [5.74, 6) is -0.452. The van der Waals surface area contributed by atoms with Gasteiger partial charge in [0.25, 0.3) is 5.91 Å². The monoisotopic (exact) mass is 373 g/mol. The molecule has 3 N–H and O–H groups in total. The van der Waals surface area contributed by atoms with Crippen molar-refractivity contribution in [1.29, 1.82) is 0 Å². The fourth-order valence-electron chi connectivity index (χ4n) is 2.68. The molecule has 0 aliphatic carbocycles. The number of anilines is 1. The number of carbonyl (C=O) groups is 2. The maximum absolute atomic E-state index is 12.8. The Labute approximate surface area is 152 Å². The number of rotatable bonds is 7. The van der Waals surface area contributed by atoms with E-state index in [-0.39, 0.29) is 16.6 Å². The minimum Gasteiger partial charge on any atom is -0.423 e. The number of carbonyl (C=O) groups excluding carboxylic acids is 2. The minimum atomic E-state index is -2.46. The summed E-state index contributed by atoms with van der Waals surface area (Å²) in [6.45, 7) is 3.77. The predicted octanol–water partition coefficient (Wildman–Crippen LogP) is 1.46. The number of hydrogen-bond acceptors (Lipinski definition) is 5. The molecule has 0 radical (unpaired) electrons. The Kier molecular flexibility index (Phi) is 6.54.